The molecule has 3 N–H and O–H groups in total. The second-order valence-electron chi connectivity index (χ2n) is 6.02. The average molecular weight is 323 g/mol. The Morgan fingerprint density at radius 2 is 1.54 bits per heavy atom. The first kappa shape index (κ1) is 16.2. The van der Waals surface area contributed by atoms with Gasteiger partial charge in [-0.1, -0.05) is 30.3 Å². The first-order valence-electron chi connectivity index (χ1n) is 8.18. The van der Waals surface area contributed by atoms with Gasteiger partial charge in [0.05, 0.1) is 0 Å². The normalized spacial score (nSPS) is 13.3. The molecule has 0 aromatic heterocycles. The van der Waals surface area contributed by atoms with Crippen LogP contribution in [0.4, 0.5) is 0 Å². The van der Waals surface area contributed by atoms with Crippen LogP contribution in [-0.4, -0.2) is 18.4 Å². The highest BCUT2D eigenvalue weighted by Crippen LogP contribution is 2.27. The fourth-order valence-corrected chi connectivity index (χ4v) is 2.32. The van der Waals surface area contributed by atoms with Crippen LogP contribution in [0.2, 0.25) is 0 Å². The largest absolute Gasteiger partial charge is 0.348 e. The second-order valence-corrected chi connectivity index (χ2v) is 6.02. The molecular formula is C19H21N3O2. The van der Waals surface area contributed by atoms with E-state index in [4.69, 9.17) is 0 Å². The number of benzene rings is 2. The number of carbonyl (C=O) groups is 2. The van der Waals surface area contributed by atoms with Crippen LogP contribution in [-0.2, 0) is 6.54 Å². The lowest BCUT2D eigenvalue weighted by Gasteiger charge is -2.08. The molecule has 0 bridgehead atoms. The highest BCUT2D eigenvalue weighted by Gasteiger charge is 2.20. The van der Waals surface area contributed by atoms with E-state index in [1.165, 1.54) is 12.8 Å². The molecule has 0 atom stereocenters. The van der Waals surface area contributed by atoms with Crippen LogP contribution in [0.15, 0.2) is 54.6 Å². The molecule has 2 aromatic carbocycles. The van der Waals surface area contributed by atoms with Crippen molar-refractivity contribution in [3.05, 3.63) is 71.3 Å². The fourth-order valence-electron chi connectivity index (χ4n) is 2.32. The summed E-state index contributed by atoms with van der Waals surface area (Å²) >= 11 is 0. The smallest absolute Gasteiger partial charge is 0.265 e. The highest BCUT2D eigenvalue weighted by atomic mass is 16.2. The van der Waals surface area contributed by atoms with Crippen LogP contribution < -0.4 is 16.2 Å². The lowest BCUT2D eigenvalue weighted by Crippen LogP contribution is -2.38. The Labute approximate surface area is 141 Å². The SMILES string of the molecule is O=C(NCc1ccc(C(=O)NNCC2CC2)cc1)c1ccccc1. The van der Waals surface area contributed by atoms with Gasteiger partial charge in [-0.15, -0.1) is 0 Å². The van der Waals surface area contributed by atoms with E-state index in [0.29, 0.717) is 23.6 Å². The van der Waals surface area contributed by atoms with Gasteiger partial charge in [-0.25, -0.2) is 5.43 Å². The standard InChI is InChI=1S/C19H21N3O2/c23-18(16-4-2-1-3-5-16)20-12-14-8-10-17(11-9-14)19(24)22-21-13-15-6-7-15/h1-5,8-11,15,21H,6-7,12-13H2,(H,20,23)(H,22,24). The van der Waals surface area contributed by atoms with E-state index in [0.717, 1.165) is 12.1 Å². The maximum atomic E-state index is 12.0. The molecule has 124 valence electrons. The molecule has 3 rings (SSSR count). The minimum atomic E-state index is -0.143. The van der Waals surface area contributed by atoms with Gasteiger partial charge in [-0.2, -0.15) is 0 Å². The number of hydrogen-bond donors (Lipinski definition) is 3. The molecule has 0 aliphatic heterocycles. The Morgan fingerprint density at radius 3 is 2.21 bits per heavy atom. The lowest BCUT2D eigenvalue weighted by atomic mass is 10.1. The Balaban J connectivity index is 1.47. The number of hydrogen-bond acceptors (Lipinski definition) is 3. The van der Waals surface area contributed by atoms with Gasteiger partial charge in [-0.05, 0) is 48.6 Å². The van der Waals surface area contributed by atoms with Gasteiger partial charge < -0.3 is 5.32 Å². The number of hydrazine groups is 1. The zero-order valence-electron chi connectivity index (χ0n) is 13.4. The predicted octanol–water partition coefficient (Wildman–Crippen LogP) is 2.26. The van der Waals surface area contributed by atoms with Crippen molar-refractivity contribution >= 4 is 11.8 Å². The van der Waals surface area contributed by atoms with Crippen LogP contribution in [0.1, 0.15) is 39.1 Å². The van der Waals surface area contributed by atoms with E-state index >= 15 is 0 Å². The number of carbonyl (C=O) groups excluding carboxylic acids is 2. The molecule has 0 heterocycles. The summed E-state index contributed by atoms with van der Waals surface area (Å²) in [6, 6.07) is 16.3. The molecule has 5 nitrogen and oxygen atoms in total. The van der Waals surface area contributed by atoms with Gasteiger partial charge in [0.2, 0.25) is 0 Å². The van der Waals surface area contributed by atoms with Crippen LogP contribution in [0.25, 0.3) is 0 Å². The van der Waals surface area contributed by atoms with Crippen molar-refractivity contribution in [3.8, 4) is 0 Å². The first-order valence-corrected chi connectivity index (χ1v) is 8.18. The van der Waals surface area contributed by atoms with Crippen molar-refractivity contribution in [2.75, 3.05) is 6.54 Å². The van der Waals surface area contributed by atoms with Crippen LogP contribution in [0.3, 0.4) is 0 Å². The quantitative estimate of drug-likeness (QED) is 0.685. The molecule has 24 heavy (non-hydrogen) atoms. The summed E-state index contributed by atoms with van der Waals surface area (Å²) in [4.78, 5) is 24.0. The second kappa shape index (κ2) is 7.75. The zero-order valence-corrected chi connectivity index (χ0v) is 13.4. The predicted molar refractivity (Wildman–Crippen MR) is 92.2 cm³/mol. The summed E-state index contributed by atoms with van der Waals surface area (Å²) in [7, 11) is 0. The molecule has 5 heteroatoms. The van der Waals surface area contributed by atoms with Crippen molar-refractivity contribution < 1.29 is 9.59 Å². The third-order valence-corrected chi connectivity index (χ3v) is 3.99. The molecule has 2 amide bonds. The van der Waals surface area contributed by atoms with Crippen molar-refractivity contribution in [2.45, 2.75) is 19.4 Å². The Bertz CT molecular complexity index is 694. The Kier molecular flexibility index (Phi) is 5.23. The molecule has 2 aromatic rings. The van der Waals surface area contributed by atoms with Crippen molar-refractivity contribution in [1.82, 2.24) is 16.2 Å². The molecule has 0 unspecified atom stereocenters. The van der Waals surface area contributed by atoms with Crippen LogP contribution in [0, 0.1) is 5.92 Å². The van der Waals surface area contributed by atoms with Gasteiger partial charge in [-0.3, -0.25) is 15.0 Å². The molecule has 1 aliphatic carbocycles. The number of nitrogens with one attached hydrogen (secondary N) is 3. The van der Waals surface area contributed by atoms with E-state index in [1.807, 2.05) is 30.3 Å². The fraction of sp³-hybridized carbons (Fsp3) is 0.263. The maximum Gasteiger partial charge on any atom is 0.265 e. The van der Waals surface area contributed by atoms with E-state index in [1.54, 1.807) is 24.3 Å². The molecule has 0 spiro atoms. The summed E-state index contributed by atoms with van der Waals surface area (Å²) in [6.07, 6.45) is 2.48. The third kappa shape index (κ3) is 4.67. The van der Waals surface area contributed by atoms with Crippen molar-refractivity contribution in [2.24, 2.45) is 5.92 Å². The summed E-state index contributed by atoms with van der Waals surface area (Å²) < 4.78 is 0. The van der Waals surface area contributed by atoms with E-state index in [-0.39, 0.29) is 11.8 Å². The summed E-state index contributed by atoms with van der Waals surface area (Å²) in [5, 5.41) is 2.87. The molecule has 0 radical (unpaired) electrons. The zero-order chi connectivity index (χ0) is 16.8. The molecule has 1 saturated carbocycles. The van der Waals surface area contributed by atoms with Crippen molar-refractivity contribution in [1.29, 1.82) is 0 Å². The van der Waals surface area contributed by atoms with Gasteiger partial charge >= 0.3 is 0 Å². The monoisotopic (exact) mass is 323 g/mol. The molecular weight excluding hydrogens is 302 g/mol. The molecule has 1 aliphatic rings. The van der Waals surface area contributed by atoms with Gasteiger partial charge in [0.1, 0.15) is 0 Å². The van der Waals surface area contributed by atoms with E-state index in [2.05, 4.69) is 16.2 Å². The van der Waals surface area contributed by atoms with E-state index < -0.39 is 0 Å². The lowest BCUT2D eigenvalue weighted by molar-refractivity contribution is 0.0929. The van der Waals surface area contributed by atoms with Gasteiger partial charge in [0.25, 0.3) is 11.8 Å². The Morgan fingerprint density at radius 1 is 0.875 bits per heavy atom. The first-order chi connectivity index (χ1) is 11.7. The minimum absolute atomic E-state index is 0.110. The minimum Gasteiger partial charge on any atom is -0.348 e. The van der Waals surface area contributed by atoms with E-state index in [9.17, 15) is 9.59 Å². The van der Waals surface area contributed by atoms with Crippen LogP contribution in [0.5, 0.6) is 0 Å². The topological polar surface area (TPSA) is 70.2 Å². The summed E-state index contributed by atoms with van der Waals surface area (Å²) in [5.74, 6) is 0.457. The Hall–Kier alpha value is -2.66. The number of amides is 2. The average Bonchev–Trinajstić information content (AvgIpc) is 3.45. The summed E-state index contributed by atoms with van der Waals surface area (Å²) in [6.45, 7) is 1.25. The van der Waals surface area contributed by atoms with Crippen molar-refractivity contribution in [3.63, 3.8) is 0 Å². The number of rotatable bonds is 7. The van der Waals surface area contributed by atoms with Crippen LogP contribution >= 0.6 is 0 Å². The van der Waals surface area contributed by atoms with Gasteiger partial charge in [0, 0.05) is 24.2 Å². The molecule has 0 saturated heterocycles. The summed E-state index contributed by atoms with van der Waals surface area (Å²) in [5.41, 5.74) is 7.84. The molecule has 1 fully saturated rings. The third-order valence-electron chi connectivity index (χ3n) is 3.99. The highest BCUT2D eigenvalue weighted by molar-refractivity contribution is 5.94. The maximum absolute atomic E-state index is 12.0. The van der Waals surface area contributed by atoms with Gasteiger partial charge in [0.15, 0.2) is 0 Å².